The van der Waals surface area contributed by atoms with Crippen LogP contribution in [0.1, 0.15) is 11.8 Å². The van der Waals surface area contributed by atoms with E-state index < -0.39 is 4.92 Å². The molecular formula is C11H12N4O2S. The van der Waals surface area contributed by atoms with Crippen molar-refractivity contribution in [2.45, 2.75) is 13.8 Å². The Morgan fingerprint density at radius 1 is 1.50 bits per heavy atom. The molecule has 7 heteroatoms. The smallest absolute Gasteiger partial charge is 0.337 e. The molecule has 2 aromatic heterocycles. The van der Waals surface area contributed by atoms with Crippen LogP contribution in [0.15, 0.2) is 17.8 Å². The molecule has 94 valence electrons. The third kappa shape index (κ3) is 2.17. The van der Waals surface area contributed by atoms with Crippen LogP contribution in [-0.4, -0.2) is 21.4 Å². The average Bonchev–Trinajstić information content (AvgIpc) is 2.75. The Hall–Kier alpha value is -2.02. The first-order valence-corrected chi connectivity index (χ1v) is 6.30. The molecule has 0 radical (unpaired) electrons. The van der Waals surface area contributed by atoms with E-state index in [-0.39, 0.29) is 11.5 Å². The molecule has 0 saturated heterocycles. The summed E-state index contributed by atoms with van der Waals surface area (Å²) in [5, 5.41) is 16.0. The SMILES string of the molecule is CCNc1ncnc(-c2ccsc2C)c1[N+](=O)[O-]. The van der Waals surface area contributed by atoms with Crippen LogP contribution in [0.5, 0.6) is 0 Å². The summed E-state index contributed by atoms with van der Waals surface area (Å²) in [7, 11) is 0. The lowest BCUT2D eigenvalue weighted by atomic mass is 10.1. The molecule has 2 rings (SSSR count). The first kappa shape index (κ1) is 12.4. The van der Waals surface area contributed by atoms with Crippen molar-refractivity contribution >= 4 is 22.8 Å². The van der Waals surface area contributed by atoms with E-state index in [0.29, 0.717) is 12.2 Å². The number of thiophene rings is 1. The number of anilines is 1. The lowest BCUT2D eigenvalue weighted by Gasteiger charge is -2.06. The lowest BCUT2D eigenvalue weighted by Crippen LogP contribution is -2.06. The van der Waals surface area contributed by atoms with Gasteiger partial charge in [-0.2, -0.15) is 0 Å². The van der Waals surface area contributed by atoms with Gasteiger partial charge in [-0.3, -0.25) is 10.1 Å². The molecule has 0 unspecified atom stereocenters. The highest BCUT2D eigenvalue weighted by Crippen LogP contribution is 2.35. The zero-order valence-corrected chi connectivity index (χ0v) is 10.8. The summed E-state index contributed by atoms with van der Waals surface area (Å²) in [4.78, 5) is 19.8. The van der Waals surface area contributed by atoms with Gasteiger partial charge >= 0.3 is 5.69 Å². The molecule has 0 aromatic carbocycles. The van der Waals surface area contributed by atoms with E-state index in [4.69, 9.17) is 0 Å². The molecule has 0 spiro atoms. The van der Waals surface area contributed by atoms with Crippen LogP contribution < -0.4 is 5.32 Å². The molecule has 18 heavy (non-hydrogen) atoms. The predicted octanol–water partition coefficient (Wildman–Crippen LogP) is 2.85. The monoisotopic (exact) mass is 264 g/mol. The summed E-state index contributed by atoms with van der Waals surface area (Å²) in [6.45, 7) is 4.35. The Kier molecular flexibility index (Phi) is 3.52. The lowest BCUT2D eigenvalue weighted by molar-refractivity contribution is -0.383. The van der Waals surface area contributed by atoms with E-state index in [2.05, 4.69) is 15.3 Å². The van der Waals surface area contributed by atoms with Gasteiger partial charge in [-0.25, -0.2) is 9.97 Å². The highest BCUT2D eigenvalue weighted by atomic mass is 32.1. The molecular weight excluding hydrogens is 252 g/mol. The van der Waals surface area contributed by atoms with Crippen LogP contribution in [-0.2, 0) is 0 Å². The van der Waals surface area contributed by atoms with E-state index in [1.165, 1.54) is 17.7 Å². The summed E-state index contributed by atoms with van der Waals surface area (Å²) < 4.78 is 0. The second-order valence-electron chi connectivity index (χ2n) is 3.60. The molecule has 0 aliphatic rings. The maximum Gasteiger partial charge on any atom is 0.337 e. The van der Waals surface area contributed by atoms with Crippen LogP contribution in [0.2, 0.25) is 0 Å². The molecule has 6 nitrogen and oxygen atoms in total. The van der Waals surface area contributed by atoms with Crippen molar-refractivity contribution < 1.29 is 4.92 Å². The van der Waals surface area contributed by atoms with Gasteiger partial charge in [0.25, 0.3) is 0 Å². The second kappa shape index (κ2) is 5.09. The van der Waals surface area contributed by atoms with Crippen molar-refractivity contribution in [2.75, 3.05) is 11.9 Å². The standard InChI is InChI=1S/C11H12N4O2S/c1-3-12-11-10(15(16)17)9(13-6-14-11)8-4-5-18-7(8)2/h4-6H,3H2,1-2H3,(H,12,13,14). The highest BCUT2D eigenvalue weighted by molar-refractivity contribution is 7.10. The van der Waals surface area contributed by atoms with Crippen LogP contribution in [0.4, 0.5) is 11.5 Å². The molecule has 0 aliphatic heterocycles. The number of nitrogens with zero attached hydrogens (tertiary/aromatic N) is 3. The molecule has 2 aromatic rings. The van der Waals surface area contributed by atoms with Crippen molar-refractivity contribution in [3.8, 4) is 11.3 Å². The summed E-state index contributed by atoms with van der Waals surface area (Å²) >= 11 is 1.54. The van der Waals surface area contributed by atoms with E-state index in [1.54, 1.807) is 0 Å². The summed E-state index contributed by atoms with van der Waals surface area (Å²) in [5.41, 5.74) is 1.08. The Bertz CT molecular complexity index is 582. The van der Waals surface area contributed by atoms with Gasteiger partial charge in [-0.05, 0) is 25.3 Å². The molecule has 0 bridgehead atoms. The average molecular weight is 264 g/mol. The van der Waals surface area contributed by atoms with Gasteiger partial charge in [0.15, 0.2) is 5.69 Å². The van der Waals surface area contributed by atoms with E-state index in [1.807, 2.05) is 25.3 Å². The Morgan fingerprint density at radius 2 is 2.28 bits per heavy atom. The van der Waals surface area contributed by atoms with Crippen molar-refractivity contribution in [3.63, 3.8) is 0 Å². The van der Waals surface area contributed by atoms with E-state index in [0.717, 1.165) is 10.4 Å². The van der Waals surface area contributed by atoms with Gasteiger partial charge in [0.2, 0.25) is 5.82 Å². The third-order valence-corrected chi connectivity index (χ3v) is 3.31. The van der Waals surface area contributed by atoms with Gasteiger partial charge < -0.3 is 5.32 Å². The first-order valence-electron chi connectivity index (χ1n) is 5.42. The number of aromatic nitrogens is 2. The van der Waals surface area contributed by atoms with Crippen molar-refractivity contribution in [1.82, 2.24) is 9.97 Å². The minimum atomic E-state index is -0.440. The molecule has 0 aliphatic carbocycles. The summed E-state index contributed by atoms with van der Waals surface area (Å²) in [6.07, 6.45) is 1.34. The van der Waals surface area contributed by atoms with E-state index in [9.17, 15) is 10.1 Å². The van der Waals surface area contributed by atoms with Gasteiger partial charge in [0.1, 0.15) is 6.33 Å². The Morgan fingerprint density at radius 3 is 2.83 bits per heavy atom. The number of nitrogens with one attached hydrogen (secondary N) is 1. The van der Waals surface area contributed by atoms with Crippen LogP contribution in [0.25, 0.3) is 11.3 Å². The molecule has 0 amide bonds. The fourth-order valence-electron chi connectivity index (χ4n) is 1.68. The van der Waals surface area contributed by atoms with Gasteiger partial charge in [-0.15, -0.1) is 11.3 Å². The minimum absolute atomic E-state index is 0.0687. The van der Waals surface area contributed by atoms with Crippen molar-refractivity contribution in [2.24, 2.45) is 0 Å². The number of aryl methyl sites for hydroxylation is 1. The Labute approximate surface area is 108 Å². The number of hydrogen-bond donors (Lipinski definition) is 1. The topological polar surface area (TPSA) is 81.0 Å². The van der Waals surface area contributed by atoms with E-state index >= 15 is 0 Å². The summed E-state index contributed by atoms with van der Waals surface area (Å²) in [5.74, 6) is 0.262. The molecule has 0 saturated carbocycles. The number of nitro groups is 1. The summed E-state index contributed by atoms with van der Waals surface area (Å²) in [6, 6.07) is 1.84. The highest BCUT2D eigenvalue weighted by Gasteiger charge is 2.24. The molecule has 0 fully saturated rings. The quantitative estimate of drug-likeness (QED) is 0.678. The van der Waals surface area contributed by atoms with Gasteiger partial charge in [0, 0.05) is 17.0 Å². The predicted molar refractivity (Wildman–Crippen MR) is 70.9 cm³/mol. The van der Waals surface area contributed by atoms with Gasteiger partial charge in [0.05, 0.1) is 4.92 Å². The third-order valence-electron chi connectivity index (χ3n) is 2.46. The fraction of sp³-hybridized carbons (Fsp3) is 0.273. The first-order chi connectivity index (χ1) is 8.65. The maximum absolute atomic E-state index is 11.2. The number of rotatable bonds is 4. The molecule has 0 atom stereocenters. The van der Waals surface area contributed by atoms with Crippen LogP contribution in [0, 0.1) is 17.0 Å². The van der Waals surface area contributed by atoms with Gasteiger partial charge in [-0.1, -0.05) is 0 Å². The van der Waals surface area contributed by atoms with Crippen molar-refractivity contribution in [3.05, 3.63) is 32.8 Å². The largest absolute Gasteiger partial charge is 0.365 e. The Balaban J connectivity index is 2.64. The van der Waals surface area contributed by atoms with Crippen molar-refractivity contribution in [1.29, 1.82) is 0 Å². The normalized spacial score (nSPS) is 10.3. The minimum Gasteiger partial charge on any atom is -0.365 e. The second-order valence-corrected chi connectivity index (χ2v) is 4.72. The van der Waals surface area contributed by atoms with Crippen LogP contribution in [0.3, 0.4) is 0 Å². The molecule has 2 heterocycles. The zero-order valence-electron chi connectivity index (χ0n) is 10.0. The van der Waals surface area contributed by atoms with Crippen LogP contribution >= 0.6 is 11.3 Å². The molecule has 1 N–H and O–H groups in total. The zero-order chi connectivity index (χ0) is 13.1. The number of hydrogen-bond acceptors (Lipinski definition) is 6. The maximum atomic E-state index is 11.2. The fourth-order valence-corrected chi connectivity index (χ4v) is 2.38.